The third-order valence-electron chi connectivity index (χ3n) is 4.59. The van der Waals surface area contributed by atoms with E-state index in [0.29, 0.717) is 0 Å². The number of carbonyl (C=O) groups excluding carboxylic acids is 1. The molecule has 0 saturated carbocycles. The number of carboxylic acid groups (broad SMARTS) is 1. The van der Waals surface area contributed by atoms with Gasteiger partial charge < -0.3 is 9.84 Å². The quantitative estimate of drug-likeness (QED) is 0.165. The van der Waals surface area contributed by atoms with Crippen LogP contribution in [0.15, 0.2) is 0 Å². The van der Waals surface area contributed by atoms with E-state index in [1.54, 1.807) is 0 Å². The van der Waals surface area contributed by atoms with Gasteiger partial charge in [-0.25, -0.2) is 0 Å². The number of thiol groups is 2. The van der Waals surface area contributed by atoms with Crippen molar-refractivity contribution >= 4 is 37.2 Å². The highest BCUT2D eigenvalue weighted by atomic mass is 32.1. The maximum absolute atomic E-state index is 12.2. The van der Waals surface area contributed by atoms with Crippen molar-refractivity contribution in [2.45, 2.75) is 114 Å². The molecule has 0 fully saturated rings. The zero-order chi connectivity index (χ0) is 19.8. The Morgan fingerprint density at radius 3 is 1.62 bits per heavy atom. The SMILES string of the molecule is CCCCCCCCC(CCCCCCC)OC(=O)C(S)C(S)C(=O)O. The van der Waals surface area contributed by atoms with Gasteiger partial charge in [-0.05, 0) is 25.7 Å². The number of unbranched alkanes of at least 4 members (excludes halogenated alkanes) is 9. The molecule has 0 aliphatic heterocycles. The van der Waals surface area contributed by atoms with Gasteiger partial charge in [-0.2, -0.15) is 25.3 Å². The molecule has 0 radical (unpaired) electrons. The molecule has 0 bridgehead atoms. The van der Waals surface area contributed by atoms with Crippen LogP contribution in [0.5, 0.6) is 0 Å². The van der Waals surface area contributed by atoms with Gasteiger partial charge in [-0.15, -0.1) is 0 Å². The van der Waals surface area contributed by atoms with Crippen molar-refractivity contribution in [3.05, 3.63) is 0 Å². The van der Waals surface area contributed by atoms with Crippen molar-refractivity contribution in [1.82, 2.24) is 0 Å². The number of aliphatic carboxylic acids is 1. The Balaban J connectivity index is 4.36. The summed E-state index contributed by atoms with van der Waals surface area (Å²) in [6.07, 6.45) is 14.6. The summed E-state index contributed by atoms with van der Waals surface area (Å²) >= 11 is 8.02. The Labute approximate surface area is 170 Å². The standard InChI is InChI=1S/C20H38O4S2/c1-3-5-7-9-11-13-15-16(14-12-10-8-6-4-2)24-20(23)18(26)17(25)19(21)22/h16-18,25-26H,3-15H2,1-2H3,(H,21,22). The van der Waals surface area contributed by atoms with Crippen LogP contribution in [-0.2, 0) is 14.3 Å². The Morgan fingerprint density at radius 2 is 1.19 bits per heavy atom. The molecule has 0 spiro atoms. The number of carboxylic acids is 1. The fraction of sp³-hybridized carbons (Fsp3) is 0.900. The van der Waals surface area contributed by atoms with E-state index in [4.69, 9.17) is 9.84 Å². The minimum Gasteiger partial charge on any atom is -0.480 e. The molecule has 26 heavy (non-hydrogen) atoms. The van der Waals surface area contributed by atoms with Crippen LogP contribution in [0.2, 0.25) is 0 Å². The molecule has 4 nitrogen and oxygen atoms in total. The van der Waals surface area contributed by atoms with Crippen LogP contribution in [0.3, 0.4) is 0 Å². The molecule has 6 heteroatoms. The van der Waals surface area contributed by atoms with Gasteiger partial charge in [0, 0.05) is 0 Å². The molecule has 0 aromatic heterocycles. The van der Waals surface area contributed by atoms with Gasteiger partial charge in [-0.1, -0.05) is 71.6 Å². The van der Waals surface area contributed by atoms with E-state index in [-0.39, 0.29) is 6.10 Å². The number of hydrogen-bond acceptors (Lipinski definition) is 5. The van der Waals surface area contributed by atoms with Crippen molar-refractivity contribution in [3.63, 3.8) is 0 Å². The number of esters is 1. The average molecular weight is 407 g/mol. The maximum atomic E-state index is 12.2. The van der Waals surface area contributed by atoms with E-state index in [1.165, 1.54) is 44.9 Å². The molecule has 0 rings (SSSR count). The van der Waals surface area contributed by atoms with Crippen LogP contribution in [-0.4, -0.2) is 33.6 Å². The van der Waals surface area contributed by atoms with Crippen molar-refractivity contribution in [1.29, 1.82) is 0 Å². The highest BCUT2D eigenvalue weighted by molar-refractivity contribution is 7.86. The lowest BCUT2D eigenvalue weighted by Gasteiger charge is -2.21. The normalized spacial score (nSPS) is 14.6. The number of rotatable bonds is 17. The number of hydrogen-bond donors (Lipinski definition) is 3. The van der Waals surface area contributed by atoms with E-state index in [9.17, 15) is 9.59 Å². The molecule has 3 atom stereocenters. The van der Waals surface area contributed by atoms with E-state index < -0.39 is 22.4 Å². The van der Waals surface area contributed by atoms with Gasteiger partial charge in [0.15, 0.2) is 0 Å². The molecule has 0 saturated heterocycles. The first-order valence-electron chi connectivity index (χ1n) is 10.2. The van der Waals surface area contributed by atoms with Crippen molar-refractivity contribution < 1.29 is 19.4 Å². The predicted molar refractivity (Wildman–Crippen MR) is 114 cm³/mol. The Kier molecular flexibility index (Phi) is 16.6. The topological polar surface area (TPSA) is 63.6 Å². The van der Waals surface area contributed by atoms with Gasteiger partial charge in [0.25, 0.3) is 0 Å². The second-order valence-electron chi connectivity index (χ2n) is 7.05. The Morgan fingerprint density at radius 1 is 0.769 bits per heavy atom. The zero-order valence-electron chi connectivity index (χ0n) is 16.5. The minimum absolute atomic E-state index is 0.140. The molecule has 3 unspecified atom stereocenters. The number of ether oxygens (including phenoxy) is 1. The smallest absolute Gasteiger partial charge is 0.320 e. The summed E-state index contributed by atoms with van der Waals surface area (Å²) in [7, 11) is 0. The second kappa shape index (κ2) is 16.8. The molecule has 0 amide bonds. The third kappa shape index (κ3) is 12.9. The van der Waals surface area contributed by atoms with Crippen LogP contribution >= 0.6 is 25.3 Å². The predicted octanol–water partition coefficient (Wildman–Crippen LogP) is 5.69. The molecule has 0 aromatic carbocycles. The van der Waals surface area contributed by atoms with Gasteiger partial charge in [-0.3, -0.25) is 9.59 Å². The highest BCUT2D eigenvalue weighted by Gasteiger charge is 2.30. The lowest BCUT2D eigenvalue weighted by atomic mass is 10.0. The first-order chi connectivity index (χ1) is 12.4. The summed E-state index contributed by atoms with van der Waals surface area (Å²) in [5.74, 6) is -1.72. The molecular formula is C20H38O4S2. The fourth-order valence-corrected chi connectivity index (χ4v) is 3.20. The van der Waals surface area contributed by atoms with Crippen LogP contribution in [0.25, 0.3) is 0 Å². The summed E-state index contributed by atoms with van der Waals surface area (Å²) in [6.45, 7) is 4.39. The summed E-state index contributed by atoms with van der Waals surface area (Å²) < 4.78 is 5.59. The van der Waals surface area contributed by atoms with E-state index >= 15 is 0 Å². The maximum Gasteiger partial charge on any atom is 0.320 e. The van der Waals surface area contributed by atoms with E-state index in [2.05, 4.69) is 39.1 Å². The summed E-state index contributed by atoms with van der Waals surface area (Å²) in [5, 5.41) is 6.78. The summed E-state index contributed by atoms with van der Waals surface area (Å²) in [4.78, 5) is 23.2. The van der Waals surface area contributed by atoms with Gasteiger partial charge in [0.1, 0.15) is 16.6 Å². The number of carbonyl (C=O) groups is 2. The molecule has 0 heterocycles. The Hall–Kier alpha value is -0.360. The monoisotopic (exact) mass is 406 g/mol. The lowest BCUT2D eigenvalue weighted by molar-refractivity contribution is -0.151. The first kappa shape index (κ1) is 25.6. The van der Waals surface area contributed by atoms with E-state index in [1.807, 2.05) is 0 Å². The largest absolute Gasteiger partial charge is 0.480 e. The van der Waals surface area contributed by atoms with Crippen LogP contribution in [0, 0.1) is 0 Å². The van der Waals surface area contributed by atoms with Crippen LogP contribution in [0.4, 0.5) is 0 Å². The first-order valence-corrected chi connectivity index (χ1v) is 11.3. The molecular weight excluding hydrogens is 368 g/mol. The molecule has 0 aliphatic rings. The van der Waals surface area contributed by atoms with Gasteiger partial charge >= 0.3 is 11.9 Å². The van der Waals surface area contributed by atoms with Gasteiger partial charge in [0.05, 0.1) is 0 Å². The molecule has 154 valence electrons. The molecule has 1 N–H and O–H groups in total. The Bertz CT molecular complexity index is 377. The zero-order valence-corrected chi connectivity index (χ0v) is 18.3. The highest BCUT2D eigenvalue weighted by Crippen LogP contribution is 2.19. The van der Waals surface area contributed by atoms with Crippen LogP contribution < -0.4 is 0 Å². The van der Waals surface area contributed by atoms with Gasteiger partial charge in [0.2, 0.25) is 0 Å². The summed E-state index contributed by atoms with van der Waals surface area (Å²) in [5.41, 5.74) is 0. The molecule has 0 aromatic rings. The van der Waals surface area contributed by atoms with Crippen LogP contribution in [0.1, 0.15) is 97.3 Å². The van der Waals surface area contributed by atoms with Crippen molar-refractivity contribution in [2.75, 3.05) is 0 Å². The summed E-state index contributed by atoms with van der Waals surface area (Å²) in [6, 6.07) is 0. The second-order valence-corrected chi connectivity index (χ2v) is 8.16. The lowest BCUT2D eigenvalue weighted by Crippen LogP contribution is -2.35. The van der Waals surface area contributed by atoms with Crippen molar-refractivity contribution in [3.8, 4) is 0 Å². The van der Waals surface area contributed by atoms with Crippen molar-refractivity contribution in [2.24, 2.45) is 0 Å². The minimum atomic E-state index is -1.16. The third-order valence-corrected chi connectivity index (χ3v) is 5.85. The molecule has 0 aliphatic carbocycles. The fourth-order valence-electron chi connectivity index (χ4n) is 2.89. The van der Waals surface area contributed by atoms with E-state index in [0.717, 1.165) is 38.5 Å². The average Bonchev–Trinajstić information content (AvgIpc) is 2.62.